The molecular formula is C24H21N5OS. The van der Waals surface area contributed by atoms with Gasteiger partial charge in [-0.05, 0) is 24.6 Å². The van der Waals surface area contributed by atoms with Crippen LogP contribution in [0.25, 0.3) is 17.1 Å². The standard InChI is InChI=1S/C24H21N5OS/c1-18-12-14-19(15-13-18)16-25-26-22(30)17-31-24-28-27-23(20-8-4-2-5-9-20)29(24)21-10-6-3-7-11-21/h2-16H,17H2,1H3,(H,26,30)/b25-16-. The van der Waals surface area contributed by atoms with Crippen LogP contribution in [0, 0.1) is 6.92 Å². The summed E-state index contributed by atoms with van der Waals surface area (Å²) in [6, 6.07) is 27.6. The van der Waals surface area contributed by atoms with E-state index in [1.165, 1.54) is 17.3 Å². The summed E-state index contributed by atoms with van der Waals surface area (Å²) in [6.07, 6.45) is 1.63. The second-order valence-corrected chi connectivity index (χ2v) is 7.78. The number of hydrazone groups is 1. The van der Waals surface area contributed by atoms with E-state index in [4.69, 9.17) is 0 Å². The van der Waals surface area contributed by atoms with E-state index in [0.29, 0.717) is 5.16 Å². The van der Waals surface area contributed by atoms with Gasteiger partial charge in [0.2, 0.25) is 0 Å². The summed E-state index contributed by atoms with van der Waals surface area (Å²) < 4.78 is 1.96. The van der Waals surface area contributed by atoms with Crippen molar-refractivity contribution in [3.63, 3.8) is 0 Å². The molecule has 1 heterocycles. The number of nitrogens with one attached hydrogen (secondary N) is 1. The van der Waals surface area contributed by atoms with E-state index in [1.54, 1.807) is 6.21 Å². The average Bonchev–Trinajstić information content (AvgIpc) is 3.24. The van der Waals surface area contributed by atoms with Gasteiger partial charge in [-0.25, -0.2) is 5.43 Å². The zero-order chi connectivity index (χ0) is 21.5. The van der Waals surface area contributed by atoms with Crippen LogP contribution >= 0.6 is 11.8 Å². The molecule has 0 saturated heterocycles. The number of thioether (sulfide) groups is 1. The minimum atomic E-state index is -0.211. The quantitative estimate of drug-likeness (QED) is 0.268. The second kappa shape index (κ2) is 9.86. The molecule has 0 aliphatic carbocycles. The molecule has 154 valence electrons. The molecule has 6 nitrogen and oxygen atoms in total. The molecule has 1 aromatic heterocycles. The highest BCUT2D eigenvalue weighted by Crippen LogP contribution is 2.27. The number of hydrogen-bond acceptors (Lipinski definition) is 5. The number of hydrogen-bond donors (Lipinski definition) is 1. The molecule has 0 spiro atoms. The van der Waals surface area contributed by atoms with Crippen LogP contribution in [0.3, 0.4) is 0 Å². The normalized spacial score (nSPS) is 11.0. The number of carbonyl (C=O) groups excluding carboxylic acids is 1. The zero-order valence-electron chi connectivity index (χ0n) is 17.0. The highest BCUT2D eigenvalue weighted by atomic mass is 32.2. The summed E-state index contributed by atoms with van der Waals surface area (Å²) >= 11 is 1.32. The van der Waals surface area contributed by atoms with Crippen molar-refractivity contribution in [3.05, 3.63) is 96.1 Å². The number of rotatable bonds is 7. The summed E-state index contributed by atoms with van der Waals surface area (Å²) in [7, 11) is 0. The summed E-state index contributed by atoms with van der Waals surface area (Å²) in [6.45, 7) is 2.03. The molecule has 0 atom stereocenters. The molecule has 0 aliphatic heterocycles. The number of amides is 1. The third kappa shape index (κ3) is 5.26. The lowest BCUT2D eigenvalue weighted by atomic mass is 10.2. The largest absolute Gasteiger partial charge is 0.272 e. The summed E-state index contributed by atoms with van der Waals surface area (Å²) in [5, 5.41) is 13.4. The summed E-state index contributed by atoms with van der Waals surface area (Å²) in [4.78, 5) is 12.3. The number of aryl methyl sites for hydroxylation is 1. The van der Waals surface area contributed by atoms with Gasteiger partial charge in [0.25, 0.3) is 5.91 Å². The molecule has 3 aromatic carbocycles. The smallest absolute Gasteiger partial charge is 0.250 e. The first kappa shape index (κ1) is 20.6. The monoisotopic (exact) mass is 427 g/mol. The molecule has 0 fully saturated rings. The molecule has 0 aliphatic rings. The SMILES string of the molecule is Cc1ccc(/C=N\NC(=O)CSc2nnc(-c3ccccc3)n2-c2ccccc2)cc1. The Bertz CT molecular complexity index is 1170. The van der Waals surface area contributed by atoms with Gasteiger partial charge in [-0.2, -0.15) is 5.10 Å². The van der Waals surface area contributed by atoms with Crippen molar-refractivity contribution in [1.29, 1.82) is 0 Å². The molecule has 0 radical (unpaired) electrons. The highest BCUT2D eigenvalue weighted by molar-refractivity contribution is 7.99. The van der Waals surface area contributed by atoms with Crippen LogP contribution in [0.5, 0.6) is 0 Å². The van der Waals surface area contributed by atoms with Crippen molar-refractivity contribution in [2.75, 3.05) is 5.75 Å². The minimum Gasteiger partial charge on any atom is -0.272 e. The fourth-order valence-corrected chi connectivity index (χ4v) is 3.69. The van der Waals surface area contributed by atoms with Gasteiger partial charge in [0.05, 0.1) is 12.0 Å². The molecule has 0 unspecified atom stereocenters. The van der Waals surface area contributed by atoms with Crippen molar-refractivity contribution in [3.8, 4) is 17.1 Å². The first-order chi connectivity index (χ1) is 15.2. The van der Waals surface area contributed by atoms with E-state index < -0.39 is 0 Å². The molecule has 4 rings (SSSR count). The molecule has 1 N–H and O–H groups in total. The predicted octanol–water partition coefficient (Wildman–Crippen LogP) is 4.49. The van der Waals surface area contributed by atoms with Crippen molar-refractivity contribution >= 4 is 23.9 Å². The fourth-order valence-electron chi connectivity index (χ4n) is 2.94. The third-order valence-corrected chi connectivity index (χ3v) is 5.42. The van der Waals surface area contributed by atoms with Gasteiger partial charge < -0.3 is 0 Å². The van der Waals surface area contributed by atoms with Crippen LogP contribution in [-0.2, 0) is 4.79 Å². The van der Waals surface area contributed by atoms with Crippen molar-refractivity contribution < 1.29 is 4.79 Å². The number of nitrogens with zero attached hydrogens (tertiary/aromatic N) is 4. The molecular weight excluding hydrogens is 406 g/mol. The molecule has 0 saturated carbocycles. The maximum atomic E-state index is 12.3. The van der Waals surface area contributed by atoms with Crippen LogP contribution in [0.1, 0.15) is 11.1 Å². The van der Waals surface area contributed by atoms with Crippen LogP contribution in [0.2, 0.25) is 0 Å². The Labute approximate surface area is 185 Å². The topological polar surface area (TPSA) is 72.2 Å². The van der Waals surface area contributed by atoms with Gasteiger partial charge in [0.1, 0.15) is 0 Å². The molecule has 1 amide bonds. The van der Waals surface area contributed by atoms with E-state index in [-0.39, 0.29) is 11.7 Å². The number of para-hydroxylation sites is 1. The highest BCUT2D eigenvalue weighted by Gasteiger charge is 2.16. The lowest BCUT2D eigenvalue weighted by Crippen LogP contribution is -2.20. The Kier molecular flexibility index (Phi) is 6.54. The maximum Gasteiger partial charge on any atom is 0.250 e. The molecule has 4 aromatic rings. The zero-order valence-corrected chi connectivity index (χ0v) is 17.8. The van der Waals surface area contributed by atoms with E-state index in [2.05, 4.69) is 20.7 Å². The third-order valence-electron chi connectivity index (χ3n) is 4.49. The lowest BCUT2D eigenvalue weighted by Gasteiger charge is -2.10. The molecule has 7 heteroatoms. The van der Waals surface area contributed by atoms with Crippen LogP contribution in [0.15, 0.2) is 95.2 Å². The Morgan fingerprint density at radius 1 is 0.968 bits per heavy atom. The van der Waals surface area contributed by atoms with E-state index in [0.717, 1.165) is 22.6 Å². The maximum absolute atomic E-state index is 12.3. The van der Waals surface area contributed by atoms with Gasteiger partial charge in [-0.15, -0.1) is 10.2 Å². The van der Waals surface area contributed by atoms with E-state index in [9.17, 15) is 4.79 Å². The number of aromatic nitrogens is 3. The molecule has 0 bridgehead atoms. The first-order valence-corrected chi connectivity index (χ1v) is 10.8. The van der Waals surface area contributed by atoms with Gasteiger partial charge in [-0.3, -0.25) is 9.36 Å². The van der Waals surface area contributed by atoms with Gasteiger partial charge in [-0.1, -0.05) is 90.1 Å². The Hall–Kier alpha value is -3.71. The number of benzene rings is 3. The van der Waals surface area contributed by atoms with Crippen LogP contribution in [-0.4, -0.2) is 32.6 Å². The lowest BCUT2D eigenvalue weighted by molar-refractivity contribution is -0.118. The number of carbonyl (C=O) groups is 1. The predicted molar refractivity (Wildman–Crippen MR) is 124 cm³/mol. The average molecular weight is 428 g/mol. The van der Waals surface area contributed by atoms with Crippen molar-refractivity contribution in [2.45, 2.75) is 12.1 Å². The van der Waals surface area contributed by atoms with Gasteiger partial charge in [0, 0.05) is 11.3 Å². The fraction of sp³-hybridized carbons (Fsp3) is 0.0833. The van der Waals surface area contributed by atoms with Crippen LogP contribution in [0.4, 0.5) is 0 Å². The summed E-state index contributed by atoms with van der Waals surface area (Å²) in [5.41, 5.74) is 6.56. The Balaban J connectivity index is 1.47. The first-order valence-electron chi connectivity index (χ1n) is 9.78. The minimum absolute atomic E-state index is 0.172. The summed E-state index contributed by atoms with van der Waals surface area (Å²) in [5.74, 6) is 0.690. The van der Waals surface area contributed by atoms with E-state index in [1.807, 2.05) is 96.4 Å². The van der Waals surface area contributed by atoms with Gasteiger partial charge >= 0.3 is 0 Å². The Morgan fingerprint density at radius 3 is 2.35 bits per heavy atom. The van der Waals surface area contributed by atoms with Gasteiger partial charge in [0.15, 0.2) is 11.0 Å². The second-order valence-electron chi connectivity index (χ2n) is 6.84. The van der Waals surface area contributed by atoms with Crippen molar-refractivity contribution in [2.24, 2.45) is 5.10 Å². The van der Waals surface area contributed by atoms with Crippen molar-refractivity contribution in [1.82, 2.24) is 20.2 Å². The molecule has 31 heavy (non-hydrogen) atoms. The van der Waals surface area contributed by atoms with E-state index >= 15 is 0 Å². The van der Waals surface area contributed by atoms with Crippen LogP contribution < -0.4 is 5.43 Å². The Morgan fingerprint density at radius 2 is 1.65 bits per heavy atom.